The molecule has 1 saturated carbocycles. The van der Waals surface area contributed by atoms with Crippen molar-refractivity contribution in [2.75, 3.05) is 0 Å². The van der Waals surface area contributed by atoms with Crippen LogP contribution in [0.25, 0.3) is 22.6 Å². The van der Waals surface area contributed by atoms with E-state index in [1.807, 2.05) is 42.6 Å². The number of hydrogen-bond donors (Lipinski definition) is 0. The maximum Gasteiger partial charge on any atom is 0.205 e. The van der Waals surface area contributed by atoms with Gasteiger partial charge in [-0.1, -0.05) is 72.4 Å². The van der Waals surface area contributed by atoms with E-state index in [9.17, 15) is 0 Å². The fourth-order valence-corrected chi connectivity index (χ4v) is 4.10. The van der Waals surface area contributed by atoms with Gasteiger partial charge >= 0.3 is 0 Å². The highest BCUT2D eigenvalue weighted by atomic mass is 32.2. The number of nitrogens with zero attached hydrogens (tertiary/aromatic N) is 3. The molecular weight excluding hydrogens is 354 g/mol. The molecule has 0 bridgehead atoms. The van der Waals surface area contributed by atoms with Crippen molar-refractivity contribution in [2.45, 2.75) is 29.8 Å². The van der Waals surface area contributed by atoms with E-state index >= 15 is 0 Å². The highest BCUT2D eigenvalue weighted by molar-refractivity contribution is 7.98. The number of aromatic nitrogens is 3. The van der Waals surface area contributed by atoms with Gasteiger partial charge in [-0.25, -0.2) is 9.97 Å². The molecule has 0 spiro atoms. The zero-order chi connectivity index (χ0) is 18.1. The van der Waals surface area contributed by atoms with E-state index in [4.69, 9.17) is 9.40 Å². The Labute approximate surface area is 162 Å². The molecule has 1 fully saturated rings. The Morgan fingerprint density at radius 2 is 1.59 bits per heavy atom. The molecule has 2 aromatic heterocycles. The molecule has 4 aromatic rings. The molecule has 0 saturated heterocycles. The lowest BCUT2D eigenvalue weighted by Crippen LogP contribution is -1.99. The van der Waals surface area contributed by atoms with E-state index in [0.29, 0.717) is 11.8 Å². The molecule has 0 atom stereocenters. The van der Waals surface area contributed by atoms with Crippen LogP contribution in [0.15, 0.2) is 82.6 Å². The Bertz CT molecular complexity index is 1040. The van der Waals surface area contributed by atoms with Crippen molar-refractivity contribution in [3.05, 3.63) is 78.9 Å². The van der Waals surface area contributed by atoms with E-state index in [0.717, 1.165) is 22.4 Å². The van der Waals surface area contributed by atoms with Gasteiger partial charge in [0.05, 0.1) is 23.8 Å². The maximum absolute atomic E-state index is 5.93. The predicted molar refractivity (Wildman–Crippen MR) is 107 cm³/mol. The standard InChI is InChI=1S/C22H19N3OS/c1-3-7-16(8-4-1)19-13-24-22(25(19)18-11-12-18)27-15-21-23-14-20(26-21)17-9-5-2-6-10-17/h1-10,13-14,18H,11-12,15H2. The molecule has 5 rings (SSSR count). The highest BCUT2D eigenvalue weighted by Gasteiger charge is 2.29. The molecule has 1 aliphatic rings. The molecule has 2 heterocycles. The fraction of sp³-hybridized carbons (Fsp3) is 0.182. The zero-order valence-electron chi connectivity index (χ0n) is 14.8. The van der Waals surface area contributed by atoms with Gasteiger partial charge in [-0.2, -0.15) is 0 Å². The fourth-order valence-electron chi connectivity index (χ4n) is 3.20. The molecule has 27 heavy (non-hydrogen) atoms. The first-order chi connectivity index (χ1) is 13.4. The maximum atomic E-state index is 5.93. The summed E-state index contributed by atoms with van der Waals surface area (Å²) in [6.45, 7) is 0. The first kappa shape index (κ1) is 16.4. The predicted octanol–water partition coefficient (Wildman–Crippen LogP) is 5.83. The van der Waals surface area contributed by atoms with Gasteiger partial charge in [-0.3, -0.25) is 0 Å². The van der Waals surface area contributed by atoms with Crippen molar-refractivity contribution in [1.82, 2.24) is 14.5 Å². The summed E-state index contributed by atoms with van der Waals surface area (Å²) in [5.74, 6) is 2.21. The lowest BCUT2D eigenvalue weighted by Gasteiger charge is -2.10. The van der Waals surface area contributed by atoms with E-state index in [1.165, 1.54) is 24.1 Å². The molecule has 4 nitrogen and oxygen atoms in total. The summed E-state index contributed by atoms with van der Waals surface area (Å²) in [5.41, 5.74) is 3.45. The smallest absolute Gasteiger partial charge is 0.205 e. The minimum atomic E-state index is 0.564. The average molecular weight is 373 g/mol. The Hall–Kier alpha value is -2.79. The zero-order valence-corrected chi connectivity index (χ0v) is 15.6. The number of hydrogen-bond acceptors (Lipinski definition) is 4. The third-order valence-electron chi connectivity index (χ3n) is 4.68. The number of thioether (sulfide) groups is 1. The molecule has 0 aliphatic heterocycles. The summed E-state index contributed by atoms with van der Waals surface area (Å²) in [6.07, 6.45) is 6.23. The van der Waals surface area contributed by atoms with Gasteiger partial charge in [0, 0.05) is 11.6 Å². The molecule has 0 radical (unpaired) electrons. The van der Waals surface area contributed by atoms with Crippen LogP contribution in [0.3, 0.4) is 0 Å². The Morgan fingerprint density at radius 3 is 2.30 bits per heavy atom. The largest absolute Gasteiger partial charge is 0.440 e. The number of rotatable bonds is 6. The number of imidazole rings is 1. The van der Waals surface area contributed by atoms with E-state index in [-0.39, 0.29) is 0 Å². The molecule has 134 valence electrons. The summed E-state index contributed by atoms with van der Waals surface area (Å²) < 4.78 is 8.31. The lowest BCUT2D eigenvalue weighted by molar-refractivity contribution is 0.529. The minimum absolute atomic E-state index is 0.564. The summed E-state index contributed by atoms with van der Waals surface area (Å²) in [4.78, 5) is 9.13. The Balaban J connectivity index is 1.36. The van der Waals surface area contributed by atoms with Gasteiger partial charge in [0.25, 0.3) is 0 Å². The summed E-state index contributed by atoms with van der Waals surface area (Å²) in [5, 5.41) is 1.04. The van der Waals surface area contributed by atoms with Crippen LogP contribution in [-0.4, -0.2) is 14.5 Å². The summed E-state index contributed by atoms with van der Waals surface area (Å²) in [7, 11) is 0. The van der Waals surface area contributed by atoms with Crippen LogP contribution in [0.4, 0.5) is 0 Å². The van der Waals surface area contributed by atoms with Gasteiger partial charge in [0.15, 0.2) is 10.9 Å². The SMILES string of the molecule is c1ccc(-c2cnc(CSc3ncc(-c4ccccc4)n3C3CC3)o2)cc1. The topological polar surface area (TPSA) is 43.9 Å². The van der Waals surface area contributed by atoms with Crippen molar-refractivity contribution in [3.63, 3.8) is 0 Å². The van der Waals surface area contributed by atoms with Crippen molar-refractivity contribution in [2.24, 2.45) is 0 Å². The third kappa shape index (κ3) is 3.43. The van der Waals surface area contributed by atoms with Crippen LogP contribution < -0.4 is 0 Å². The minimum Gasteiger partial charge on any atom is -0.440 e. The molecule has 0 amide bonds. The van der Waals surface area contributed by atoms with Gasteiger partial charge in [0.1, 0.15) is 0 Å². The van der Waals surface area contributed by atoms with Crippen molar-refractivity contribution in [3.8, 4) is 22.6 Å². The van der Waals surface area contributed by atoms with Crippen LogP contribution in [-0.2, 0) is 5.75 Å². The second kappa shape index (κ2) is 7.08. The molecule has 0 unspecified atom stereocenters. The molecule has 2 aromatic carbocycles. The van der Waals surface area contributed by atoms with E-state index in [1.54, 1.807) is 18.0 Å². The van der Waals surface area contributed by atoms with Crippen LogP contribution in [0.1, 0.15) is 24.8 Å². The van der Waals surface area contributed by atoms with Gasteiger partial charge in [-0.15, -0.1) is 0 Å². The van der Waals surface area contributed by atoms with Gasteiger partial charge in [0.2, 0.25) is 5.89 Å². The lowest BCUT2D eigenvalue weighted by atomic mass is 10.2. The molecule has 1 aliphatic carbocycles. The van der Waals surface area contributed by atoms with Gasteiger partial charge in [-0.05, 0) is 18.4 Å². The number of benzene rings is 2. The van der Waals surface area contributed by atoms with Crippen LogP contribution in [0.2, 0.25) is 0 Å². The van der Waals surface area contributed by atoms with Crippen molar-refractivity contribution < 1.29 is 4.42 Å². The Kier molecular flexibility index (Phi) is 4.30. The second-order valence-corrected chi connectivity index (χ2v) is 7.61. The molecular formula is C22H19N3OS. The van der Waals surface area contributed by atoms with Crippen molar-refractivity contribution in [1.29, 1.82) is 0 Å². The quantitative estimate of drug-likeness (QED) is 0.399. The van der Waals surface area contributed by atoms with Crippen LogP contribution in [0, 0.1) is 0 Å². The molecule has 5 heteroatoms. The highest BCUT2D eigenvalue weighted by Crippen LogP contribution is 2.42. The normalized spacial score (nSPS) is 13.8. The number of oxazole rings is 1. The average Bonchev–Trinajstić information content (AvgIpc) is 3.30. The van der Waals surface area contributed by atoms with Gasteiger partial charge < -0.3 is 8.98 Å². The molecule has 0 N–H and O–H groups in total. The van der Waals surface area contributed by atoms with E-state index in [2.05, 4.69) is 33.8 Å². The summed E-state index contributed by atoms with van der Waals surface area (Å²) in [6, 6.07) is 21.1. The summed E-state index contributed by atoms with van der Waals surface area (Å²) >= 11 is 1.69. The van der Waals surface area contributed by atoms with Crippen molar-refractivity contribution >= 4 is 11.8 Å². The second-order valence-electron chi connectivity index (χ2n) is 6.67. The van der Waals surface area contributed by atoms with E-state index < -0.39 is 0 Å². The first-order valence-electron chi connectivity index (χ1n) is 9.14. The van der Waals surface area contributed by atoms with Crippen LogP contribution >= 0.6 is 11.8 Å². The first-order valence-corrected chi connectivity index (χ1v) is 10.1. The van der Waals surface area contributed by atoms with Crippen LogP contribution in [0.5, 0.6) is 0 Å². The Morgan fingerprint density at radius 1 is 0.889 bits per heavy atom. The third-order valence-corrected chi connectivity index (χ3v) is 5.63. The monoisotopic (exact) mass is 373 g/mol.